The highest BCUT2D eigenvalue weighted by Gasteiger charge is 2.73. The number of fused-ring (bicyclic) bond motifs is 6. The van der Waals surface area contributed by atoms with Crippen molar-refractivity contribution in [3.63, 3.8) is 0 Å². The lowest BCUT2D eigenvalue weighted by Gasteiger charge is -2.54. The molecule has 5 rings (SSSR count). The van der Waals surface area contributed by atoms with Crippen LogP contribution in [0.4, 0.5) is 0 Å². The fourth-order valence-corrected chi connectivity index (χ4v) is 7.67. The van der Waals surface area contributed by atoms with Crippen LogP contribution in [0.25, 0.3) is 0 Å². The number of hydrogen-bond donors (Lipinski definition) is 2. The standard InChI is InChI=1S/C20H22N2O5S2/c1-28-19-8-10-4-3-5-13(24)15(10)21(19)18(27)20(29-2)9-11-12(23)6-7-14(25)16(11)22(20)17(19)26/h3-7,11,13-16,24-25H,8-9H2,1-2H3. The van der Waals surface area contributed by atoms with Gasteiger partial charge in [-0.25, -0.2) is 0 Å². The lowest BCUT2D eigenvalue weighted by atomic mass is 9.86. The fraction of sp³-hybridized carbons (Fsp3) is 0.550. The second kappa shape index (κ2) is 6.23. The molecular weight excluding hydrogens is 412 g/mol. The normalized spacial score (nSPS) is 45.2. The Morgan fingerprint density at radius 3 is 2.38 bits per heavy atom. The molecule has 2 amide bonds. The molecule has 3 aliphatic heterocycles. The molecule has 3 fully saturated rings. The average Bonchev–Trinajstić information content (AvgIpc) is 3.26. The first-order valence-corrected chi connectivity index (χ1v) is 12.0. The molecule has 7 unspecified atom stereocenters. The molecule has 2 N–H and O–H groups in total. The van der Waals surface area contributed by atoms with E-state index in [1.807, 2.05) is 6.08 Å². The molecule has 2 aliphatic carbocycles. The largest absolute Gasteiger partial charge is 0.387 e. The van der Waals surface area contributed by atoms with Gasteiger partial charge in [0.15, 0.2) is 15.5 Å². The number of ketones is 1. The monoisotopic (exact) mass is 434 g/mol. The van der Waals surface area contributed by atoms with Crippen LogP contribution in [0, 0.1) is 5.92 Å². The predicted molar refractivity (Wildman–Crippen MR) is 110 cm³/mol. The van der Waals surface area contributed by atoms with E-state index < -0.39 is 40.0 Å². The van der Waals surface area contributed by atoms with E-state index in [9.17, 15) is 24.6 Å². The number of aliphatic hydroxyl groups is 2. The topological polar surface area (TPSA) is 98.2 Å². The summed E-state index contributed by atoms with van der Waals surface area (Å²) in [5.74, 6) is -1.31. The molecule has 7 nitrogen and oxygen atoms in total. The first-order chi connectivity index (χ1) is 13.8. The van der Waals surface area contributed by atoms with Crippen LogP contribution in [0.5, 0.6) is 0 Å². The smallest absolute Gasteiger partial charge is 0.261 e. The molecule has 9 heteroatoms. The zero-order valence-corrected chi connectivity index (χ0v) is 17.7. The summed E-state index contributed by atoms with van der Waals surface area (Å²) in [6, 6.07) is -1.33. The third-order valence-electron chi connectivity index (χ3n) is 6.98. The molecule has 0 radical (unpaired) electrons. The van der Waals surface area contributed by atoms with Crippen LogP contribution in [-0.4, -0.2) is 84.2 Å². The molecule has 0 aromatic rings. The number of piperazine rings is 1. The van der Waals surface area contributed by atoms with Gasteiger partial charge in [-0.05, 0) is 24.2 Å². The van der Waals surface area contributed by atoms with Gasteiger partial charge in [0.2, 0.25) is 0 Å². The van der Waals surface area contributed by atoms with Gasteiger partial charge in [0.1, 0.15) is 0 Å². The van der Waals surface area contributed by atoms with E-state index in [1.165, 1.54) is 40.6 Å². The van der Waals surface area contributed by atoms with Gasteiger partial charge >= 0.3 is 0 Å². The van der Waals surface area contributed by atoms with E-state index in [0.29, 0.717) is 6.42 Å². The van der Waals surface area contributed by atoms with Crippen LogP contribution in [0.1, 0.15) is 12.8 Å². The zero-order valence-electron chi connectivity index (χ0n) is 16.0. The molecule has 0 spiro atoms. The molecule has 5 aliphatic rings. The van der Waals surface area contributed by atoms with Gasteiger partial charge in [-0.2, -0.15) is 0 Å². The van der Waals surface area contributed by atoms with Gasteiger partial charge in [-0.1, -0.05) is 24.3 Å². The van der Waals surface area contributed by atoms with E-state index in [4.69, 9.17) is 0 Å². The van der Waals surface area contributed by atoms with E-state index in [-0.39, 0.29) is 24.0 Å². The molecular formula is C20H22N2O5S2. The summed E-state index contributed by atoms with van der Waals surface area (Å²) in [7, 11) is 0. The first kappa shape index (κ1) is 19.4. The number of hydrogen-bond acceptors (Lipinski definition) is 7. The highest BCUT2D eigenvalue weighted by atomic mass is 32.2. The number of allylic oxidation sites excluding steroid dienone is 3. The highest BCUT2D eigenvalue weighted by Crippen LogP contribution is 2.59. The van der Waals surface area contributed by atoms with Gasteiger partial charge in [0.05, 0.1) is 24.3 Å². The number of thioether (sulfide) groups is 2. The Balaban J connectivity index is 1.70. The molecule has 7 atom stereocenters. The molecule has 154 valence electrons. The molecule has 0 aromatic carbocycles. The van der Waals surface area contributed by atoms with E-state index in [2.05, 4.69) is 0 Å². The van der Waals surface area contributed by atoms with Crippen molar-refractivity contribution in [2.24, 2.45) is 5.92 Å². The molecule has 0 saturated carbocycles. The fourth-order valence-electron chi connectivity index (χ4n) is 5.68. The van der Waals surface area contributed by atoms with Crippen LogP contribution in [0.3, 0.4) is 0 Å². The van der Waals surface area contributed by atoms with Crippen molar-refractivity contribution < 1.29 is 24.6 Å². The summed E-state index contributed by atoms with van der Waals surface area (Å²) >= 11 is 2.52. The summed E-state index contributed by atoms with van der Waals surface area (Å²) in [4.78, 5) is 41.3. The molecule has 3 heterocycles. The zero-order chi connectivity index (χ0) is 20.7. The Hall–Kier alpha value is -1.55. The third-order valence-corrected chi connectivity index (χ3v) is 9.39. The summed E-state index contributed by atoms with van der Waals surface area (Å²) < 4.78 is 0. The van der Waals surface area contributed by atoms with Gasteiger partial charge in [-0.15, -0.1) is 23.5 Å². The molecule has 0 bridgehead atoms. The lowest BCUT2D eigenvalue weighted by molar-refractivity contribution is -0.168. The van der Waals surface area contributed by atoms with Crippen molar-refractivity contribution in [2.45, 2.75) is 46.9 Å². The number of nitrogens with zero attached hydrogens (tertiary/aromatic N) is 2. The SMILES string of the molecule is CSC12CC3=CC=CC(O)C3N1C(=O)C1(SC)CC3C(=O)C=CC(O)C3N1C2=O. The van der Waals surface area contributed by atoms with Gasteiger partial charge in [0, 0.05) is 18.8 Å². The van der Waals surface area contributed by atoms with Crippen LogP contribution >= 0.6 is 23.5 Å². The number of carbonyl (C=O) groups is 3. The second-order valence-electron chi connectivity index (χ2n) is 8.12. The molecule has 0 aromatic heterocycles. The number of amides is 2. The Kier molecular flexibility index (Phi) is 4.17. The van der Waals surface area contributed by atoms with Gasteiger partial charge in [0.25, 0.3) is 11.8 Å². The molecule has 3 saturated heterocycles. The van der Waals surface area contributed by atoms with Crippen molar-refractivity contribution in [3.8, 4) is 0 Å². The van der Waals surface area contributed by atoms with Crippen LogP contribution in [0.15, 0.2) is 36.0 Å². The van der Waals surface area contributed by atoms with Crippen LogP contribution in [-0.2, 0) is 14.4 Å². The number of rotatable bonds is 2. The predicted octanol–water partition coefficient (Wildman–Crippen LogP) is 0.293. The van der Waals surface area contributed by atoms with Crippen molar-refractivity contribution >= 4 is 41.1 Å². The summed E-state index contributed by atoms with van der Waals surface area (Å²) in [5, 5.41) is 21.3. The van der Waals surface area contributed by atoms with Gasteiger partial charge in [-0.3, -0.25) is 14.4 Å². The van der Waals surface area contributed by atoms with E-state index in [0.717, 1.165) is 5.57 Å². The first-order valence-electron chi connectivity index (χ1n) is 9.55. The quantitative estimate of drug-likeness (QED) is 0.645. The average molecular weight is 435 g/mol. The van der Waals surface area contributed by atoms with Crippen molar-refractivity contribution in [1.29, 1.82) is 0 Å². The second-order valence-corrected chi connectivity index (χ2v) is 10.3. The van der Waals surface area contributed by atoms with Crippen LogP contribution in [0.2, 0.25) is 0 Å². The third kappa shape index (κ3) is 2.17. The minimum absolute atomic E-state index is 0.164. The summed E-state index contributed by atoms with van der Waals surface area (Å²) in [6.07, 6.45) is 10.2. The minimum Gasteiger partial charge on any atom is -0.387 e. The Bertz CT molecular complexity index is 917. The van der Waals surface area contributed by atoms with Crippen molar-refractivity contribution in [3.05, 3.63) is 36.0 Å². The van der Waals surface area contributed by atoms with Gasteiger partial charge < -0.3 is 20.0 Å². The minimum atomic E-state index is -1.26. The maximum atomic E-state index is 14.0. The highest BCUT2D eigenvalue weighted by molar-refractivity contribution is 8.01. The Morgan fingerprint density at radius 2 is 1.69 bits per heavy atom. The van der Waals surface area contributed by atoms with E-state index >= 15 is 0 Å². The number of aliphatic hydroxyl groups excluding tert-OH is 2. The maximum absolute atomic E-state index is 14.0. The maximum Gasteiger partial charge on any atom is 0.261 e. The van der Waals surface area contributed by atoms with E-state index in [1.54, 1.807) is 29.6 Å². The van der Waals surface area contributed by atoms with Crippen molar-refractivity contribution in [1.82, 2.24) is 9.80 Å². The molecule has 29 heavy (non-hydrogen) atoms. The Morgan fingerprint density at radius 1 is 1.00 bits per heavy atom. The van der Waals surface area contributed by atoms with Crippen LogP contribution < -0.4 is 0 Å². The summed E-state index contributed by atoms with van der Waals surface area (Å²) in [6.45, 7) is 0. The summed E-state index contributed by atoms with van der Waals surface area (Å²) in [5.41, 5.74) is 0.852. The Labute approximate surface area is 176 Å². The van der Waals surface area contributed by atoms with Crippen molar-refractivity contribution in [2.75, 3.05) is 12.5 Å². The lowest BCUT2D eigenvalue weighted by Crippen LogP contribution is -2.74. The number of carbonyl (C=O) groups excluding carboxylic acids is 3.